The standard InChI is InChI=1S/C16H21N3/c1-11-7-4-5-8-13(11)16-12(2)15(18-19(16)3)14-9-6-10-17-14/h4-5,7-8,14,17H,6,9-10H2,1-3H3. The van der Waals surface area contributed by atoms with Crippen LogP contribution < -0.4 is 5.32 Å². The normalized spacial score (nSPS) is 19.0. The van der Waals surface area contributed by atoms with Gasteiger partial charge in [0, 0.05) is 12.6 Å². The fourth-order valence-corrected chi connectivity index (χ4v) is 3.11. The Bertz CT molecular complexity index is 592. The summed E-state index contributed by atoms with van der Waals surface area (Å²) in [7, 11) is 2.05. The molecule has 0 bridgehead atoms. The average Bonchev–Trinajstić information content (AvgIpc) is 3.00. The first-order chi connectivity index (χ1) is 9.18. The number of hydrogen-bond acceptors (Lipinski definition) is 2. The van der Waals surface area contributed by atoms with Crippen molar-refractivity contribution in [1.29, 1.82) is 0 Å². The molecule has 3 heteroatoms. The Balaban J connectivity index is 2.10. The summed E-state index contributed by atoms with van der Waals surface area (Å²) in [5.74, 6) is 0. The molecule has 1 aliphatic rings. The van der Waals surface area contributed by atoms with Gasteiger partial charge in [0.1, 0.15) is 0 Å². The van der Waals surface area contributed by atoms with Crippen molar-refractivity contribution in [3.8, 4) is 11.3 Å². The van der Waals surface area contributed by atoms with Crippen LogP contribution in [0.15, 0.2) is 24.3 Å². The molecule has 3 rings (SSSR count). The molecule has 1 aliphatic heterocycles. The highest BCUT2D eigenvalue weighted by Gasteiger charge is 2.24. The van der Waals surface area contributed by atoms with Crippen LogP contribution in [-0.2, 0) is 7.05 Å². The number of hydrogen-bond donors (Lipinski definition) is 1. The topological polar surface area (TPSA) is 29.9 Å². The van der Waals surface area contributed by atoms with Crippen LogP contribution in [0.2, 0.25) is 0 Å². The number of aromatic nitrogens is 2. The van der Waals surface area contributed by atoms with Crippen LogP contribution in [0.3, 0.4) is 0 Å². The molecule has 100 valence electrons. The number of rotatable bonds is 2. The van der Waals surface area contributed by atoms with E-state index < -0.39 is 0 Å². The highest BCUT2D eigenvalue weighted by Crippen LogP contribution is 2.32. The van der Waals surface area contributed by atoms with Crippen LogP contribution in [0.4, 0.5) is 0 Å². The van der Waals surface area contributed by atoms with E-state index in [4.69, 9.17) is 5.10 Å². The lowest BCUT2D eigenvalue weighted by Crippen LogP contribution is -2.14. The monoisotopic (exact) mass is 255 g/mol. The van der Waals surface area contributed by atoms with Gasteiger partial charge in [0.15, 0.2) is 0 Å². The molecule has 1 unspecified atom stereocenters. The summed E-state index contributed by atoms with van der Waals surface area (Å²) in [5, 5.41) is 8.31. The molecule has 0 amide bonds. The molecule has 1 fully saturated rings. The van der Waals surface area contributed by atoms with Crippen LogP contribution in [0, 0.1) is 13.8 Å². The van der Waals surface area contributed by atoms with Crippen molar-refractivity contribution in [2.24, 2.45) is 7.05 Å². The Morgan fingerprint density at radius 3 is 2.74 bits per heavy atom. The largest absolute Gasteiger partial charge is 0.309 e. The zero-order valence-corrected chi connectivity index (χ0v) is 11.9. The molecule has 0 spiro atoms. The van der Waals surface area contributed by atoms with Gasteiger partial charge in [0.05, 0.1) is 17.4 Å². The molecule has 0 radical (unpaired) electrons. The van der Waals surface area contributed by atoms with Gasteiger partial charge in [-0.3, -0.25) is 4.68 Å². The van der Waals surface area contributed by atoms with Gasteiger partial charge in [-0.1, -0.05) is 24.3 Å². The Morgan fingerprint density at radius 1 is 1.26 bits per heavy atom. The van der Waals surface area contributed by atoms with Crippen molar-refractivity contribution in [2.75, 3.05) is 6.54 Å². The van der Waals surface area contributed by atoms with Crippen molar-refractivity contribution < 1.29 is 0 Å². The molecule has 1 N–H and O–H groups in total. The summed E-state index contributed by atoms with van der Waals surface area (Å²) in [6.07, 6.45) is 2.45. The van der Waals surface area contributed by atoms with Crippen LogP contribution in [0.25, 0.3) is 11.3 Å². The van der Waals surface area contributed by atoms with E-state index in [2.05, 4.69) is 43.4 Å². The summed E-state index contributed by atoms with van der Waals surface area (Å²) in [5.41, 5.74) is 6.38. The van der Waals surface area contributed by atoms with Crippen molar-refractivity contribution in [1.82, 2.24) is 15.1 Å². The van der Waals surface area contributed by atoms with E-state index >= 15 is 0 Å². The van der Waals surface area contributed by atoms with Crippen LogP contribution >= 0.6 is 0 Å². The third-order valence-corrected chi connectivity index (χ3v) is 4.11. The molecular weight excluding hydrogens is 234 g/mol. The number of benzene rings is 1. The predicted octanol–water partition coefficient (Wildman–Crippen LogP) is 3.13. The van der Waals surface area contributed by atoms with Crippen molar-refractivity contribution in [2.45, 2.75) is 32.7 Å². The van der Waals surface area contributed by atoms with Gasteiger partial charge in [-0.05, 0) is 44.4 Å². The summed E-state index contributed by atoms with van der Waals surface area (Å²) in [6.45, 7) is 5.47. The minimum atomic E-state index is 0.434. The molecule has 2 aromatic rings. The number of aryl methyl sites for hydroxylation is 2. The second kappa shape index (κ2) is 4.82. The molecule has 2 heterocycles. The Morgan fingerprint density at radius 2 is 2.05 bits per heavy atom. The highest BCUT2D eigenvalue weighted by atomic mass is 15.3. The van der Waals surface area contributed by atoms with Gasteiger partial charge in [-0.15, -0.1) is 0 Å². The van der Waals surface area contributed by atoms with Crippen molar-refractivity contribution in [3.05, 3.63) is 41.1 Å². The van der Waals surface area contributed by atoms with Gasteiger partial charge in [0.2, 0.25) is 0 Å². The third-order valence-electron chi connectivity index (χ3n) is 4.11. The smallest absolute Gasteiger partial charge is 0.0829 e. The first-order valence-electron chi connectivity index (χ1n) is 7.01. The van der Waals surface area contributed by atoms with E-state index in [-0.39, 0.29) is 0 Å². The van der Waals surface area contributed by atoms with E-state index in [1.165, 1.54) is 40.9 Å². The van der Waals surface area contributed by atoms with Gasteiger partial charge >= 0.3 is 0 Å². The zero-order valence-electron chi connectivity index (χ0n) is 11.9. The maximum absolute atomic E-state index is 4.76. The number of nitrogens with zero attached hydrogens (tertiary/aromatic N) is 2. The van der Waals surface area contributed by atoms with Crippen LogP contribution in [0.5, 0.6) is 0 Å². The summed E-state index contributed by atoms with van der Waals surface area (Å²) in [6, 6.07) is 8.97. The number of nitrogens with one attached hydrogen (secondary N) is 1. The summed E-state index contributed by atoms with van der Waals surface area (Å²) >= 11 is 0. The molecule has 1 saturated heterocycles. The van der Waals surface area contributed by atoms with Gasteiger partial charge in [-0.25, -0.2) is 0 Å². The van der Waals surface area contributed by atoms with Crippen LogP contribution in [0.1, 0.15) is 35.7 Å². The first kappa shape index (κ1) is 12.4. The molecule has 1 aromatic heterocycles. The van der Waals surface area contributed by atoms with Gasteiger partial charge in [-0.2, -0.15) is 5.10 Å². The Labute approximate surface area is 114 Å². The molecule has 0 saturated carbocycles. The molecule has 1 aromatic carbocycles. The molecular formula is C16H21N3. The SMILES string of the molecule is Cc1ccccc1-c1c(C)c(C2CCCN2)nn1C. The predicted molar refractivity (Wildman–Crippen MR) is 78.1 cm³/mol. The second-order valence-corrected chi connectivity index (χ2v) is 5.45. The second-order valence-electron chi connectivity index (χ2n) is 5.45. The Hall–Kier alpha value is -1.61. The minimum Gasteiger partial charge on any atom is -0.309 e. The lowest BCUT2D eigenvalue weighted by Gasteiger charge is -2.09. The fourth-order valence-electron chi connectivity index (χ4n) is 3.11. The van der Waals surface area contributed by atoms with E-state index in [1.54, 1.807) is 0 Å². The van der Waals surface area contributed by atoms with Crippen molar-refractivity contribution in [3.63, 3.8) is 0 Å². The molecule has 1 atom stereocenters. The van der Waals surface area contributed by atoms with E-state index in [0.29, 0.717) is 6.04 Å². The summed E-state index contributed by atoms with van der Waals surface area (Å²) < 4.78 is 2.03. The van der Waals surface area contributed by atoms with Gasteiger partial charge < -0.3 is 5.32 Å². The molecule has 19 heavy (non-hydrogen) atoms. The van der Waals surface area contributed by atoms with E-state index in [0.717, 1.165) is 6.54 Å². The molecule has 3 nitrogen and oxygen atoms in total. The van der Waals surface area contributed by atoms with E-state index in [1.807, 2.05) is 11.7 Å². The van der Waals surface area contributed by atoms with Crippen molar-refractivity contribution >= 4 is 0 Å². The quantitative estimate of drug-likeness (QED) is 0.893. The lowest BCUT2D eigenvalue weighted by molar-refractivity contribution is 0.605. The average molecular weight is 255 g/mol. The maximum atomic E-state index is 4.76. The summed E-state index contributed by atoms with van der Waals surface area (Å²) in [4.78, 5) is 0. The Kier molecular flexibility index (Phi) is 3.15. The third kappa shape index (κ3) is 2.08. The first-order valence-corrected chi connectivity index (χ1v) is 7.01. The van der Waals surface area contributed by atoms with E-state index in [9.17, 15) is 0 Å². The maximum Gasteiger partial charge on any atom is 0.0829 e. The fraction of sp³-hybridized carbons (Fsp3) is 0.438. The zero-order chi connectivity index (χ0) is 13.4. The minimum absolute atomic E-state index is 0.434. The molecule has 0 aliphatic carbocycles. The van der Waals surface area contributed by atoms with Gasteiger partial charge in [0.25, 0.3) is 0 Å². The highest BCUT2D eigenvalue weighted by molar-refractivity contribution is 5.68. The van der Waals surface area contributed by atoms with Crippen LogP contribution in [-0.4, -0.2) is 16.3 Å². The lowest BCUT2D eigenvalue weighted by atomic mass is 9.99.